The van der Waals surface area contributed by atoms with E-state index in [1.54, 1.807) is 0 Å². The lowest BCUT2D eigenvalue weighted by Gasteiger charge is -2.01. The fourth-order valence-electron chi connectivity index (χ4n) is 0.773. The Bertz CT molecular complexity index is 376. The molecule has 0 saturated heterocycles. The molecule has 0 aromatic rings. The van der Waals surface area contributed by atoms with Gasteiger partial charge in [0.05, 0.1) is 0 Å². The van der Waals surface area contributed by atoms with Gasteiger partial charge in [0.1, 0.15) is 11.1 Å². The maximum atomic E-state index is 11.0. The highest BCUT2D eigenvalue weighted by molar-refractivity contribution is 6.31. The van der Waals surface area contributed by atoms with Crippen molar-refractivity contribution in [3.63, 3.8) is 0 Å². The van der Waals surface area contributed by atoms with Crippen LogP contribution in [0.1, 0.15) is 0 Å². The molecular weight excluding hydrogens is 206 g/mol. The number of carbonyl (C=O) groups excluding carboxylic acids is 2. The van der Waals surface area contributed by atoms with Crippen molar-refractivity contribution in [2.75, 3.05) is 0 Å². The molecular formula is C8H7NO6. The fourth-order valence-corrected chi connectivity index (χ4v) is 0.773. The Hall–Kier alpha value is -2.44. The van der Waals surface area contributed by atoms with Gasteiger partial charge in [-0.05, 0) is 6.08 Å². The first kappa shape index (κ1) is 12.6. The topological polar surface area (TPSA) is 135 Å². The Morgan fingerprint density at radius 3 is 1.60 bits per heavy atom. The largest absolute Gasteiger partial charge is 0.478 e. The number of hydrogen-bond donors (Lipinski definition) is 3. The number of primary amides is 1. The molecule has 0 aromatic heterocycles. The Morgan fingerprint density at radius 2 is 1.40 bits per heavy atom. The molecule has 80 valence electrons. The number of aliphatic carboxylic acids is 2. The maximum absolute atomic E-state index is 11.0. The van der Waals surface area contributed by atoms with E-state index in [4.69, 9.17) is 10.2 Å². The van der Waals surface area contributed by atoms with Crippen molar-refractivity contribution in [1.82, 2.24) is 0 Å². The van der Waals surface area contributed by atoms with Gasteiger partial charge in [0.15, 0.2) is 5.78 Å². The minimum atomic E-state index is -1.88. The van der Waals surface area contributed by atoms with Crippen LogP contribution in [0.15, 0.2) is 23.8 Å². The van der Waals surface area contributed by atoms with Gasteiger partial charge >= 0.3 is 11.9 Å². The molecule has 4 N–H and O–H groups in total. The van der Waals surface area contributed by atoms with Crippen molar-refractivity contribution in [2.24, 2.45) is 5.73 Å². The van der Waals surface area contributed by atoms with E-state index in [-0.39, 0.29) is 0 Å². The number of allylic oxidation sites excluding steroid dienone is 1. The minimum Gasteiger partial charge on any atom is -0.478 e. The van der Waals surface area contributed by atoms with E-state index >= 15 is 0 Å². The molecule has 1 amide bonds. The average molecular weight is 213 g/mol. The predicted octanol–water partition coefficient (Wildman–Crippen LogP) is -1.31. The molecule has 0 unspecified atom stereocenters. The second kappa shape index (κ2) is 4.70. The highest BCUT2D eigenvalue weighted by Crippen LogP contribution is 2.07. The summed E-state index contributed by atoms with van der Waals surface area (Å²) in [6.45, 7) is 2.97. The SMILES string of the molecule is C=CC(=O)/C(C(=O)O)=C(\C(N)=O)C(=O)O. The normalized spacial score (nSPS) is 11.2. The molecule has 0 rings (SSSR count). The minimum absolute atomic E-state index is 0.579. The lowest BCUT2D eigenvalue weighted by atomic mass is 10.0. The van der Waals surface area contributed by atoms with E-state index in [0.29, 0.717) is 6.08 Å². The first-order valence-electron chi connectivity index (χ1n) is 3.50. The fraction of sp³-hybridized carbons (Fsp3) is 0. The highest BCUT2D eigenvalue weighted by atomic mass is 16.4. The van der Waals surface area contributed by atoms with Crippen LogP contribution in [-0.4, -0.2) is 33.8 Å². The van der Waals surface area contributed by atoms with E-state index in [2.05, 4.69) is 12.3 Å². The first-order chi connectivity index (χ1) is 6.82. The third-order valence-corrected chi connectivity index (χ3v) is 1.36. The van der Waals surface area contributed by atoms with Crippen molar-refractivity contribution < 1.29 is 29.4 Å². The van der Waals surface area contributed by atoms with Crippen molar-refractivity contribution in [3.8, 4) is 0 Å². The molecule has 0 aliphatic heterocycles. The number of amides is 1. The Morgan fingerprint density at radius 1 is 1.00 bits per heavy atom. The van der Waals surface area contributed by atoms with Crippen LogP contribution in [0.25, 0.3) is 0 Å². The quantitative estimate of drug-likeness (QED) is 0.295. The smallest absolute Gasteiger partial charge is 0.342 e. The van der Waals surface area contributed by atoms with Crippen molar-refractivity contribution in [2.45, 2.75) is 0 Å². The third-order valence-electron chi connectivity index (χ3n) is 1.36. The molecule has 7 heteroatoms. The summed E-state index contributed by atoms with van der Waals surface area (Å²) in [7, 11) is 0. The lowest BCUT2D eigenvalue weighted by Crippen LogP contribution is -2.27. The lowest BCUT2D eigenvalue weighted by molar-refractivity contribution is -0.138. The summed E-state index contributed by atoms with van der Waals surface area (Å²) in [4.78, 5) is 42.7. The molecule has 7 nitrogen and oxygen atoms in total. The molecule has 0 spiro atoms. The third kappa shape index (κ3) is 2.76. The summed E-state index contributed by atoms with van der Waals surface area (Å²) in [5, 5.41) is 17.0. The molecule has 15 heavy (non-hydrogen) atoms. The number of carboxylic acids is 2. The number of hydrogen-bond acceptors (Lipinski definition) is 4. The molecule has 0 fully saturated rings. The Labute approximate surface area is 83.5 Å². The Kier molecular flexibility index (Phi) is 3.94. The second-order valence-electron chi connectivity index (χ2n) is 2.29. The molecule has 0 aromatic carbocycles. The van der Waals surface area contributed by atoms with E-state index in [1.807, 2.05) is 0 Å². The van der Waals surface area contributed by atoms with E-state index in [9.17, 15) is 19.2 Å². The highest BCUT2D eigenvalue weighted by Gasteiger charge is 2.28. The van der Waals surface area contributed by atoms with Gasteiger partial charge < -0.3 is 15.9 Å². The van der Waals surface area contributed by atoms with Gasteiger partial charge in [0.2, 0.25) is 0 Å². The number of nitrogens with two attached hydrogens (primary N) is 1. The van der Waals surface area contributed by atoms with Crippen LogP contribution in [0.2, 0.25) is 0 Å². The monoisotopic (exact) mass is 213 g/mol. The van der Waals surface area contributed by atoms with Crippen molar-refractivity contribution in [1.29, 1.82) is 0 Å². The predicted molar refractivity (Wildman–Crippen MR) is 46.7 cm³/mol. The maximum Gasteiger partial charge on any atom is 0.342 e. The van der Waals surface area contributed by atoms with Crippen molar-refractivity contribution >= 4 is 23.6 Å². The van der Waals surface area contributed by atoms with Gasteiger partial charge in [-0.2, -0.15) is 0 Å². The number of rotatable bonds is 5. The number of carboxylic acid groups (broad SMARTS) is 2. The standard InChI is InChI=1S/C8H7NO6/c1-2-3(10)4(7(12)13)5(6(9)11)8(14)15/h2H,1H2,(H2,9,11)(H,12,13)(H,14,15)/b5-4-. The summed E-state index contributed by atoms with van der Waals surface area (Å²) in [6.07, 6.45) is 0.579. The van der Waals surface area contributed by atoms with Crippen LogP contribution < -0.4 is 5.73 Å². The van der Waals surface area contributed by atoms with Crippen LogP contribution in [0.4, 0.5) is 0 Å². The summed E-state index contributed by atoms with van der Waals surface area (Å²) >= 11 is 0. The van der Waals surface area contributed by atoms with Crippen LogP contribution in [0.5, 0.6) is 0 Å². The van der Waals surface area contributed by atoms with Gasteiger partial charge in [-0.15, -0.1) is 0 Å². The van der Waals surface area contributed by atoms with Gasteiger partial charge in [-0.3, -0.25) is 9.59 Å². The molecule has 0 aliphatic rings. The zero-order chi connectivity index (χ0) is 12.2. The van der Waals surface area contributed by atoms with Crippen LogP contribution in [0, 0.1) is 0 Å². The molecule has 0 bridgehead atoms. The summed E-state index contributed by atoms with van der Waals surface area (Å²) in [5.74, 6) is -6.43. The molecule has 0 aliphatic carbocycles. The van der Waals surface area contributed by atoms with Gasteiger partial charge in [0, 0.05) is 0 Å². The number of ketones is 1. The zero-order valence-electron chi connectivity index (χ0n) is 7.39. The summed E-state index contributed by atoms with van der Waals surface area (Å²) in [6, 6.07) is 0. The second-order valence-corrected chi connectivity index (χ2v) is 2.29. The van der Waals surface area contributed by atoms with Gasteiger partial charge in [-0.1, -0.05) is 6.58 Å². The van der Waals surface area contributed by atoms with Crippen LogP contribution in [0.3, 0.4) is 0 Å². The molecule has 0 atom stereocenters. The summed E-state index contributed by atoms with van der Waals surface area (Å²) in [5.41, 5.74) is 2.17. The van der Waals surface area contributed by atoms with Crippen LogP contribution >= 0.6 is 0 Å². The summed E-state index contributed by atoms with van der Waals surface area (Å²) < 4.78 is 0. The molecule has 0 radical (unpaired) electrons. The average Bonchev–Trinajstić information content (AvgIpc) is 2.10. The Balaban J connectivity index is 5.90. The number of carbonyl (C=O) groups is 4. The van der Waals surface area contributed by atoms with E-state index in [0.717, 1.165) is 0 Å². The van der Waals surface area contributed by atoms with E-state index in [1.165, 1.54) is 0 Å². The van der Waals surface area contributed by atoms with Crippen LogP contribution in [-0.2, 0) is 19.2 Å². The molecule has 0 saturated carbocycles. The van der Waals surface area contributed by atoms with E-state index < -0.39 is 34.8 Å². The van der Waals surface area contributed by atoms with Gasteiger partial charge in [-0.25, -0.2) is 9.59 Å². The zero-order valence-corrected chi connectivity index (χ0v) is 7.39. The van der Waals surface area contributed by atoms with Crippen molar-refractivity contribution in [3.05, 3.63) is 23.8 Å². The van der Waals surface area contributed by atoms with Gasteiger partial charge in [0.25, 0.3) is 5.91 Å². The first-order valence-corrected chi connectivity index (χ1v) is 3.50. The molecule has 0 heterocycles.